The van der Waals surface area contributed by atoms with Gasteiger partial charge in [-0.2, -0.15) is 0 Å². The lowest BCUT2D eigenvalue weighted by molar-refractivity contribution is -0.147. The molecule has 0 atom stereocenters. The monoisotopic (exact) mass is 431 g/mol. The molecule has 3 aromatic rings. The second-order valence-corrected chi connectivity index (χ2v) is 8.67. The number of aromatic nitrogens is 1. The Hall–Kier alpha value is -3.45. The standard InChI is InChI=1S/C25H25N3O4/c1-15-4-2-3-5-18(15)11-26-24(29)22-21-9-7-17-10-16(6-8-20(17)23(21)32-27-22)12-28-13-19(14-28)25(30)31/h2-6,8,10,19H,7,9,11-14H2,1H3,(H,26,29)(H,30,31). The van der Waals surface area contributed by atoms with Crippen molar-refractivity contribution >= 4 is 11.9 Å². The van der Waals surface area contributed by atoms with E-state index in [-0.39, 0.29) is 11.8 Å². The maximum atomic E-state index is 12.8. The topological polar surface area (TPSA) is 95.7 Å². The van der Waals surface area contributed by atoms with Crippen molar-refractivity contribution in [3.8, 4) is 11.3 Å². The maximum Gasteiger partial charge on any atom is 0.309 e. The van der Waals surface area contributed by atoms with Crippen LogP contribution in [0.1, 0.15) is 38.3 Å². The Bertz CT molecular complexity index is 1190. The summed E-state index contributed by atoms with van der Waals surface area (Å²) < 4.78 is 5.62. The van der Waals surface area contributed by atoms with E-state index in [4.69, 9.17) is 9.63 Å². The molecule has 1 saturated heterocycles. The van der Waals surface area contributed by atoms with Gasteiger partial charge in [-0.1, -0.05) is 47.6 Å². The Balaban J connectivity index is 1.28. The molecule has 7 heteroatoms. The summed E-state index contributed by atoms with van der Waals surface area (Å²) in [5, 5.41) is 16.1. The lowest BCUT2D eigenvalue weighted by Gasteiger charge is -2.36. The molecule has 1 aliphatic carbocycles. The van der Waals surface area contributed by atoms with Crippen molar-refractivity contribution in [2.75, 3.05) is 13.1 Å². The van der Waals surface area contributed by atoms with E-state index in [1.54, 1.807) is 0 Å². The molecule has 7 nitrogen and oxygen atoms in total. The van der Waals surface area contributed by atoms with Crippen LogP contribution in [0.15, 0.2) is 47.0 Å². The van der Waals surface area contributed by atoms with E-state index < -0.39 is 5.97 Å². The van der Waals surface area contributed by atoms with Gasteiger partial charge in [-0.15, -0.1) is 0 Å². The molecule has 5 rings (SSSR count). The normalized spacial score (nSPS) is 15.5. The number of benzene rings is 2. The summed E-state index contributed by atoms with van der Waals surface area (Å²) in [5.74, 6) is -0.513. The van der Waals surface area contributed by atoms with Crippen molar-refractivity contribution in [2.24, 2.45) is 5.92 Å². The van der Waals surface area contributed by atoms with E-state index in [1.807, 2.05) is 43.3 Å². The second kappa shape index (κ2) is 8.24. The molecule has 0 spiro atoms. The van der Waals surface area contributed by atoms with E-state index in [2.05, 4.69) is 21.4 Å². The largest absolute Gasteiger partial charge is 0.481 e. The van der Waals surface area contributed by atoms with Gasteiger partial charge in [0, 0.05) is 37.3 Å². The molecule has 0 saturated carbocycles. The van der Waals surface area contributed by atoms with Gasteiger partial charge in [0.05, 0.1) is 5.92 Å². The van der Waals surface area contributed by atoms with E-state index in [0.29, 0.717) is 37.5 Å². The predicted octanol–water partition coefficient (Wildman–Crippen LogP) is 3.20. The highest BCUT2D eigenvalue weighted by atomic mass is 16.5. The van der Waals surface area contributed by atoms with Gasteiger partial charge in [0.15, 0.2) is 11.5 Å². The molecule has 32 heavy (non-hydrogen) atoms. The average Bonchev–Trinajstić information content (AvgIpc) is 3.19. The highest BCUT2D eigenvalue weighted by molar-refractivity contribution is 5.95. The average molecular weight is 431 g/mol. The van der Waals surface area contributed by atoms with Crippen LogP contribution in [-0.2, 0) is 30.7 Å². The number of aliphatic carboxylic acids is 1. The minimum absolute atomic E-state index is 0.218. The van der Waals surface area contributed by atoms with Crippen LogP contribution in [-0.4, -0.2) is 40.1 Å². The van der Waals surface area contributed by atoms with Crippen molar-refractivity contribution in [3.05, 3.63) is 76.0 Å². The first-order chi connectivity index (χ1) is 15.5. The molecular weight excluding hydrogens is 406 g/mol. The van der Waals surface area contributed by atoms with Crippen molar-refractivity contribution in [2.45, 2.75) is 32.9 Å². The lowest BCUT2D eigenvalue weighted by Crippen LogP contribution is -2.49. The Morgan fingerprint density at radius 2 is 2.00 bits per heavy atom. The van der Waals surface area contributed by atoms with Crippen LogP contribution in [0, 0.1) is 12.8 Å². The van der Waals surface area contributed by atoms with Gasteiger partial charge in [0.2, 0.25) is 0 Å². The van der Waals surface area contributed by atoms with Gasteiger partial charge in [0.25, 0.3) is 5.91 Å². The zero-order valence-corrected chi connectivity index (χ0v) is 17.9. The van der Waals surface area contributed by atoms with Crippen LogP contribution in [0.5, 0.6) is 0 Å². The molecule has 2 aromatic carbocycles. The molecule has 2 N–H and O–H groups in total. The van der Waals surface area contributed by atoms with Crippen LogP contribution in [0.3, 0.4) is 0 Å². The van der Waals surface area contributed by atoms with E-state index in [9.17, 15) is 9.59 Å². The molecule has 1 fully saturated rings. The van der Waals surface area contributed by atoms with Gasteiger partial charge in [-0.05, 0) is 42.0 Å². The first-order valence-electron chi connectivity index (χ1n) is 10.9. The Morgan fingerprint density at radius 3 is 2.78 bits per heavy atom. The lowest BCUT2D eigenvalue weighted by atomic mass is 9.88. The fourth-order valence-electron chi connectivity index (χ4n) is 4.55. The van der Waals surface area contributed by atoms with Gasteiger partial charge in [-0.25, -0.2) is 0 Å². The first kappa shape index (κ1) is 20.5. The van der Waals surface area contributed by atoms with Crippen LogP contribution in [0.4, 0.5) is 0 Å². The number of nitrogens with zero attached hydrogens (tertiary/aromatic N) is 2. The number of carbonyl (C=O) groups is 2. The van der Waals surface area contributed by atoms with Crippen molar-refractivity contribution < 1.29 is 19.2 Å². The van der Waals surface area contributed by atoms with Gasteiger partial charge >= 0.3 is 5.97 Å². The molecule has 2 heterocycles. The van der Waals surface area contributed by atoms with Crippen molar-refractivity contribution in [1.82, 2.24) is 15.4 Å². The summed E-state index contributed by atoms with van der Waals surface area (Å²) in [6.45, 7) is 4.41. The summed E-state index contributed by atoms with van der Waals surface area (Å²) in [4.78, 5) is 25.9. The molecule has 0 radical (unpaired) electrons. The number of amides is 1. The summed E-state index contributed by atoms with van der Waals surface area (Å²) >= 11 is 0. The molecule has 1 aromatic heterocycles. The van der Waals surface area contributed by atoms with Crippen LogP contribution in [0.2, 0.25) is 0 Å². The molecule has 2 aliphatic rings. The highest BCUT2D eigenvalue weighted by Gasteiger charge is 2.33. The fourth-order valence-corrected chi connectivity index (χ4v) is 4.55. The number of aryl methyl sites for hydroxylation is 2. The number of carboxylic acid groups (broad SMARTS) is 1. The number of hydrogen-bond acceptors (Lipinski definition) is 5. The number of rotatable bonds is 6. The molecule has 1 aliphatic heterocycles. The van der Waals surface area contributed by atoms with Crippen molar-refractivity contribution in [1.29, 1.82) is 0 Å². The van der Waals surface area contributed by atoms with E-state index in [0.717, 1.165) is 40.8 Å². The Labute approximate surface area is 186 Å². The molecular formula is C25H25N3O4. The number of hydrogen-bond donors (Lipinski definition) is 2. The fraction of sp³-hybridized carbons (Fsp3) is 0.320. The zero-order valence-electron chi connectivity index (χ0n) is 17.9. The van der Waals surface area contributed by atoms with Crippen LogP contribution in [0.25, 0.3) is 11.3 Å². The van der Waals surface area contributed by atoms with E-state index >= 15 is 0 Å². The van der Waals surface area contributed by atoms with Gasteiger partial charge in [-0.3, -0.25) is 14.5 Å². The SMILES string of the molecule is Cc1ccccc1CNC(=O)c1noc2c1CCc1cc(CN3CC(C(=O)O)C3)ccc1-2. The van der Waals surface area contributed by atoms with E-state index in [1.165, 1.54) is 5.56 Å². The number of carboxylic acids is 1. The molecule has 0 bridgehead atoms. The summed E-state index contributed by atoms with van der Waals surface area (Å²) in [6.07, 6.45) is 1.51. The minimum atomic E-state index is -0.719. The number of nitrogens with one attached hydrogen (secondary N) is 1. The third kappa shape index (κ3) is 3.80. The minimum Gasteiger partial charge on any atom is -0.481 e. The van der Waals surface area contributed by atoms with Crippen molar-refractivity contribution in [3.63, 3.8) is 0 Å². The summed E-state index contributed by atoms with van der Waals surface area (Å²) in [5.41, 5.74) is 6.75. The molecule has 1 amide bonds. The molecule has 0 unspecified atom stereocenters. The van der Waals surface area contributed by atoms with Gasteiger partial charge in [0.1, 0.15) is 0 Å². The third-order valence-electron chi connectivity index (χ3n) is 6.48. The zero-order chi connectivity index (χ0) is 22.2. The summed E-state index contributed by atoms with van der Waals surface area (Å²) in [7, 11) is 0. The number of likely N-dealkylation sites (tertiary alicyclic amines) is 1. The summed E-state index contributed by atoms with van der Waals surface area (Å²) in [6, 6.07) is 14.2. The number of carbonyl (C=O) groups excluding carboxylic acids is 1. The smallest absolute Gasteiger partial charge is 0.309 e. The maximum absolute atomic E-state index is 12.8. The van der Waals surface area contributed by atoms with Crippen LogP contribution >= 0.6 is 0 Å². The highest BCUT2D eigenvalue weighted by Crippen LogP contribution is 2.36. The van der Waals surface area contributed by atoms with Crippen LogP contribution < -0.4 is 5.32 Å². The first-order valence-corrected chi connectivity index (χ1v) is 10.9. The quantitative estimate of drug-likeness (QED) is 0.622. The Kier molecular flexibility index (Phi) is 5.27. The number of fused-ring (bicyclic) bond motifs is 3. The molecule has 164 valence electrons. The van der Waals surface area contributed by atoms with Gasteiger partial charge < -0.3 is 14.9 Å². The Morgan fingerprint density at radius 1 is 1.19 bits per heavy atom. The predicted molar refractivity (Wildman–Crippen MR) is 118 cm³/mol. The third-order valence-corrected chi connectivity index (χ3v) is 6.48. The second-order valence-electron chi connectivity index (χ2n) is 8.67.